The van der Waals surface area contributed by atoms with Gasteiger partial charge in [0.1, 0.15) is 0 Å². The van der Waals surface area contributed by atoms with Crippen LogP contribution in [0.5, 0.6) is 0 Å². The number of thiophene rings is 3. The van der Waals surface area contributed by atoms with Crippen LogP contribution in [0.4, 0.5) is 0 Å². The minimum atomic E-state index is 0.229. The summed E-state index contributed by atoms with van der Waals surface area (Å²) < 4.78 is 0. The van der Waals surface area contributed by atoms with Gasteiger partial charge in [-0.15, -0.1) is 34.0 Å². The lowest BCUT2D eigenvalue weighted by atomic mass is 9.95. The van der Waals surface area contributed by atoms with Gasteiger partial charge in [0.25, 0.3) is 0 Å². The van der Waals surface area contributed by atoms with Gasteiger partial charge in [-0.05, 0) is 59.4 Å². The van der Waals surface area contributed by atoms with Crippen molar-refractivity contribution in [1.29, 1.82) is 0 Å². The summed E-state index contributed by atoms with van der Waals surface area (Å²) in [6, 6.07) is 13.5. The maximum atomic E-state index is 2.28. The SMILES string of the molecule is CC(C)(C)c1ccc(/C=C/c2ccc(-c3ccc(C(C)(C)C)s3)s2)s1. The lowest BCUT2D eigenvalue weighted by Gasteiger charge is -2.15. The Balaban J connectivity index is 1.75. The van der Waals surface area contributed by atoms with Crippen LogP contribution in [0.15, 0.2) is 36.4 Å². The van der Waals surface area contributed by atoms with Gasteiger partial charge in [-0.2, -0.15) is 0 Å². The smallest absolute Gasteiger partial charge is 0.0449 e. The molecule has 3 aromatic rings. The molecule has 0 unspecified atom stereocenters. The maximum absolute atomic E-state index is 2.28. The first-order valence-electron chi connectivity index (χ1n) is 8.62. The number of rotatable bonds is 3. The minimum Gasteiger partial charge on any atom is -0.140 e. The molecule has 0 radical (unpaired) electrons. The molecule has 3 rings (SSSR count). The molecule has 0 amide bonds. The summed E-state index contributed by atoms with van der Waals surface area (Å²) in [5, 5.41) is 0. The first-order valence-corrected chi connectivity index (χ1v) is 11.1. The highest BCUT2D eigenvalue weighted by Gasteiger charge is 2.17. The molecule has 0 spiro atoms. The quantitative estimate of drug-likeness (QED) is 0.424. The molecular formula is C22H26S3. The largest absolute Gasteiger partial charge is 0.140 e. The summed E-state index contributed by atoms with van der Waals surface area (Å²) in [5.74, 6) is 0. The van der Waals surface area contributed by atoms with Crippen molar-refractivity contribution in [3.63, 3.8) is 0 Å². The summed E-state index contributed by atoms with van der Waals surface area (Å²) >= 11 is 5.67. The molecule has 3 aromatic heterocycles. The highest BCUT2D eigenvalue weighted by atomic mass is 32.1. The first kappa shape index (κ1) is 18.6. The third-order valence-corrected chi connectivity index (χ3v) is 8.23. The lowest BCUT2D eigenvalue weighted by molar-refractivity contribution is 0.603. The number of hydrogen-bond donors (Lipinski definition) is 0. The Bertz CT molecular complexity index is 873. The Kier molecular flexibility index (Phi) is 5.11. The molecule has 0 saturated heterocycles. The second-order valence-corrected chi connectivity index (χ2v) is 11.7. The molecule has 132 valence electrons. The van der Waals surface area contributed by atoms with Crippen molar-refractivity contribution in [2.45, 2.75) is 52.4 Å². The summed E-state index contributed by atoms with van der Waals surface area (Å²) in [7, 11) is 0. The third-order valence-electron chi connectivity index (χ3n) is 3.99. The van der Waals surface area contributed by atoms with Crippen molar-refractivity contribution in [1.82, 2.24) is 0 Å². The molecular weight excluding hydrogens is 360 g/mol. The maximum Gasteiger partial charge on any atom is 0.0449 e. The van der Waals surface area contributed by atoms with E-state index in [4.69, 9.17) is 0 Å². The predicted octanol–water partition coefficient (Wildman–Crippen LogP) is 8.30. The summed E-state index contributed by atoms with van der Waals surface area (Å²) in [6.45, 7) is 13.6. The molecule has 0 bridgehead atoms. The van der Waals surface area contributed by atoms with E-state index in [1.807, 2.05) is 34.0 Å². The standard InChI is InChI=1S/C22H26S3/c1-21(2,3)19-13-10-16(24-19)8-7-15-9-11-17(23-15)18-12-14-20(25-18)22(4,5)6/h7-14H,1-6H3/b8-7+. The van der Waals surface area contributed by atoms with Gasteiger partial charge in [0.2, 0.25) is 0 Å². The fourth-order valence-corrected chi connectivity index (χ4v) is 5.49. The molecule has 0 atom stereocenters. The van der Waals surface area contributed by atoms with E-state index in [0.717, 1.165) is 0 Å². The molecule has 0 nitrogen and oxygen atoms in total. The van der Waals surface area contributed by atoms with E-state index in [0.29, 0.717) is 0 Å². The van der Waals surface area contributed by atoms with E-state index >= 15 is 0 Å². The highest BCUT2D eigenvalue weighted by molar-refractivity contribution is 7.22. The molecule has 3 heteroatoms. The van der Waals surface area contributed by atoms with Crippen LogP contribution < -0.4 is 0 Å². The van der Waals surface area contributed by atoms with Crippen LogP contribution in [0.1, 0.15) is 61.1 Å². The van der Waals surface area contributed by atoms with Crippen LogP contribution in [0.3, 0.4) is 0 Å². The van der Waals surface area contributed by atoms with Gasteiger partial charge < -0.3 is 0 Å². The number of hydrogen-bond acceptors (Lipinski definition) is 3. The van der Waals surface area contributed by atoms with Crippen LogP contribution >= 0.6 is 34.0 Å². The van der Waals surface area contributed by atoms with Crippen LogP contribution in [0.2, 0.25) is 0 Å². The second-order valence-electron chi connectivity index (χ2n) is 8.40. The van der Waals surface area contributed by atoms with Gasteiger partial charge in [0, 0.05) is 29.3 Å². The fourth-order valence-electron chi connectivity index (χ4n) is 2.46. The van der Waals surface area contributed by atoms with Crippen LogP contribution in [-0.2, 0) is 10.8 Å². The summed E-state index contributed by atoms with van der Waals surface area (Å²) in [6.07, 6.45) is 4.48. The summed E-state index contributed by atoms with van der Waals surface area (Å²) in [5.41, 5.74) is 0.462. The Labute approximate surface area is 163 Å². The lowest BCUT2D eigenvalue weighted by Crippen LogP contribution is -2.07. The average molecular weight is 387 g/mol. The van der Waals surface area contributed by atoms with Crippen molar-refractivity contribution in [2.75, 3.05) is 0 Å². The van der Waals surface area contributed by atoms with Gasteiger partial charge in [-0.25, -0.2) is 0 Å². The monoisotopic (exact) mass is 386 g/mol. The van der Waals surface area contributed by atoms with Crippen molar-refractivity contribution >= 4 is 46.2 Å². The van der Waals surface area contributed by atoms with E-state index in [1.165, 1.54) is 29.3 Å². The van der Waals surface area contributed by atoms with Gasteiger partial charge in [0.05, 0.1) is 0 Å². The van der Waals surface area contributed by atoms with E-state index in [9.17, 15) is 0 Å². The molecule has 0 aliphatic rings. The van der Waals surface area contributed by atoms with Crippen molar-refractivity contribution in [2.24, 2.45) is 0 Å². The van der Waals surface area contributed by atoms with Crippen molar-refractivity contribution < 1.29 is 0 Å². The van der Waals surface area contributed by atoms with Crippen molar-refractivity contribution in [3.8, 4) is 9.75 Å². The van der Waals surface area contributed by atoms with Gasteiger partial charge in [-0.1, -0.05) is 41.5 Å². The molecule has 3 heterocycles. The van der Waals surface area contributed by atoms with Gasteiger partial charge in [0.15, 0.2) is 0 Å². The topological polar surface area (TPSA) is 0 Å². The second kappa shape index (κ2) is 6.86. The Hall–Kier alpha value is -1.16. The molecule has 0 saturated carbocycles. The highest BCUT2D eigenvalue weighted by Crippen LogP contribution is 2.38. The molecule has 0 N–H and O–H groups in total. The van der Waals surface area contributed by atoms with E-state index in [2.05, 4.69) is 90.1 Å². The van der Waals surface area contributed by atoms with Gasteiger partial charge in [-0.3, -0.25) is 0 Å². The molecule has 0 fully saturated rings. The summed E-state index contributed by atoms with van der Waals surface area (Å²) in [4.78, 5) is 8.26. The minimum absolute atomic E-state index is 0.229. The zero-order valence-electron chi connectivity index (χ0n) is 15.8. The normalized spacial score (nSPS) is 13.0. The van der Waals surface area contributed by atoms with Crippen molar-refractivity contribution in [3.05, 3.63) is 55.9 Å². The van der Waals surface area contributed by atoms with E-state index in [1.54, 1.807) is 0 Å². The zero-order chi connectivity index (χ0) is 18.2. The molecule has 0 aliphatic heterocycles. The van der Waals surface area contributed by atoms with E-state index in [-0.39, 0.29) is 10.8 Å². The van der Waals surface area contributed by atoms with E-state index < -0.39 is 0 Å². The molecule has 0 aliphatic carbocycles. The first-order chi connectivity index (χ1) is 11.6. The van der Waals surface area contributed by atoms with Crippen LogP contribution in [0.25, 0.3) is 21.9 Å². The molecule has 25 heavy (non-hydrogen) atoms. The molecule has 0 aromatic carbocycles. The average Bonchev–Trinajstić information content (AvgIpc) is 3.23. The van der Waals surface area contributed by atoms with Crippen LogP contribution in [-0.4, -0.2) is 0 Å². The zero-order valence-corrected chi connectivity index (χ0v) is 18.3. The Morgan fingerprint density at radius 3 is 1.56 bits per heavy atom. The van der Waals surface area contributed by atoms with Crippen LogP contribution in [0, 0.1) is 0 Å². The Morgan fingerprint density at radius 2 is 1.00 bits per heavy atom. The third kappa shape index (κ3) is 4.52. The van der Waals surface area contributed by atoms with Gasteiger partial charge >= 0.3 is 0 Å². The Morgan fingerprint density at radius 1 is 0.560 bits per heavy atom. The predicted molar refractivity (Wildman–Crippen MR) is 118 cm³/mol. The fraction of sp³-hybridized carbons (Fsp3) is 0.364.